The normalized spacial score (nSPS) is 26.2. The number of hydrogen-bond donors (Lipinski definition) is 2. The van der Waals surface area contributed by atoms with Crippen LogP contribution in [-0.4, -0.2) is 90.3 Å². The molecule has 0 radical (unpaired) electrons. The highest BCUT2D eigenvalue weighted by Gasteiger charge is 2.51. The number of aliphatic hydroxyl groups is 2. The number of sulfonamides is 1. The van der Waals surface area contributed by atoms with Gasteiger partial charge in [-0.3, -0.25) is 4.90 Å². The zero-order chi connectivity index (χ0) is 26.3. The van der Waals surface area contributed by atoms with Crippen LogP contribution in [0.1, 0.15) is 25.3 Å². The largest absolute Gasteiger partial charge is 0.421 e. The molecule has 2 saturated heterocycles. The van der Waals surface area contributed by atoms with Gasteiger partial charge in [-0.1, -0.05) is 36.5 Å². The number of nitrogens with zero attached hydrogens (tertiary/aromatic N) is 3. The van der Waals surface area contributed by atoms with Crippen LogP contribution in [0.5, 0.6) is 0 Å². The van der Waals surface area contributed by atoms with Crippen molar-refractivity contribution in [3.8, 4) is 0 Å². The summed E-state index contributed by atoms with van der Waals surface area (Å²) in [4.78, 5) is 4.54. The Morgan fingerprint density at radius 3 is 2.39 bits per heavy atom. The summed E-state index contributed by atoms with van der Waals surface area (Å²) in [7, 11) is -3.81. The number of thiocarbonyl (C=S) groups is 1. The monoisotopic (exact) mass is 545 g/mol. The van der Waals surface area contributed by atoms with E-state index in [4.69, 9.17) is 12.2 Å². The molecule has 2 N–H and O–H groups in total. The van der Waals surface area contributed by atoms with Crippen LogP contribution in [-0.2, 0) is 15.6 Å². The summed E-state index contributed by atoms with van der Waals surface area (Å²) >= 11 is 5.30. The Kier molecular flexibility index (Phi) is 7.67. The number of allylic oxidation sites excluding steroid dienone is 4. The number of benzene rings is 1. The summed E-state index contributed by atoms with van der Waals surface area (Å²) in [6, 6.07) is 5.24. The number of hydrogen-bond acceptors (Lipinski definition) is 7. The summed E-state index contributed by atoms with van der Waals surface area (Å²) < 4.78 is 68.0. The Bertz CT molecular complexity index is 1150. The zero-order valence-electron chi connectivity index (χ0n) is 19.9. The number of β-amino-alcohol motifs (C(OH)–C–C–N with tert-alkyl or cyclic N) is 1. The second-order valence-electron chi connectivity index (χ2n) is 9.62. The van der Waals surface area contributed by atoms with Crippen molar-refractivity contribution in [2.75, 3.05) is 44.2 Å². The molecule has 198 valence electrons. The Hall–Kier alpha value is -1.83. The van der Waals surface area contributed by atoms with Gasteiger partial charge in [-0.25, -0.2) is 8.42 Å². The minimum atomic E-state index is -4.82. The lowest BCUT2D eigenvalue weighted by molar-refractivity contribution is -0.258. The van der Waals surface area contributed by atoms with Crippen LogP contribution in [0.15, 0.2) is 47.4 Å². The molecule has 12 heteroatoms. The standard InChI is InChI=1S/C24H30F3N3O4S2/c1-23(32,24(25,26)27)17-6-8-18(9-7-17)30-13-12-29(15-19(30)14-28-11-10-20(31)16-28)36(33,34)22-5-3-2-4-21(22)35/h2-3,5-9,19-20,31-32H,4,10-16H2,1H3/t19-,20-,23+/m1/s1. The Morgan fingerprint density at radius 2 is 1.81 bits per heavy atom. The number of rotatable bonds is 6. The number of aliphatic hydroxyl groups excluding tert-OH is 1. The highest BCUT2D eigenvalue weighted by Crippen LogP contribution is 2.39. The first-order chi connectivity index (χ1) is 16.8. The van der Waals surface area contributed by atoms with E-state index in [2.05, 4.69) is 4.90 Å². The maximum Gasteiger partial charge on any atom is 0.421 e. The van der Waals surface area contributed by atoms with Crippen molar-refractivity contribution >= 4 is 32.8 Å². The fourth-order valence-corrected chi connectivity index (χ4v) is 6.92. The highest BCUT2D eigenvalue weighted by atomic mass is 32.2. The van der Waals surface area contributed by atoms with Crippen molar-refractivity contribution in [1.82, 2.24) is 9.21 Å². The van der Waals surface area contributed by atoms with Gasteiger partial charge in [0.05, 0.1) is 17.1 Å². The molecule has 3 atom stereocenters. The van der Waals surface area contributed by atoms with Gasteiger partial charge in [0.1, 0.15) is 0 Å². The average Bonchev–Trinajstić information content (AvgIpc) is 3.23. The fourth-order valence-electron chi connectivity index (χ4n) is 4.85. The molecule has 0 amide bonds. The van der Waals surface area contributed by atoms with E-state index in [-0.39, 0.29) is 29.6 Å². The maximum absolute atomic E-state index is 13.4. The van der Waals surface area contributed by atoms with Crippen LogP contribution >= 0.6 is 12.2 Å². The molecule has 1 aromatic carbocycles. The lowest BCUT2D eigenvalue weighted by Gasteiger charge is -2.44. The van der Waals surface area contributed by atoms with Gasteiger partial charge < -0.3 is 15.1 Å². The van der Waals surface area contributed by atoms with E-state index >= 15 is 0 Å². The number of piperazine rings is 1. The second-order valence-corrected chi connectivity index (χ2v) is 12.0. The van der Waals surface area contributed by atoms with E-state index in [1.54, 1.807) is 12.2 Å². The van der Waals surface area contributed by atoms with E-state index in [0.717, 1.165) is 0 Å². The molecule has 0 aromatic heterocycles. The fraction of sp³-hybridized carbons (Fsp3) is 0.542. The third-order valence-electron chi connectivity index (χ3n) is 7.05. The molecule has 0 bridgehead atoms. The SMILES string of the molecule is C[C@](O)(c1ccc(N2CCN(S(=O)(=O)C3=CC=CCC3=S)C[C@H]2CN2CC[C@@H](O)C2)cc1)C(F)(F)F. The van der Waals surface area contributed by atoms with Gasteiger partial charge in [0.2, 0.25) is 10.0 Å². The second kappa shape index (κ2) is 10.1. The average molecular weight is 546 g/mol. The number of likely N-dealkylation sites (tertiary alicyclic amines) is 1. The van der Waals surface area contributed by atoms with Crippen LogP contribution in [0.2, 0.25) is 0 Å². The third-order valence-corrected chi connectivity index (χ3v) is 9.52. The first-order valence-electron chi connectivity index (χ1n) is 11.8. The van der Waals surface area contributed by atoms with Gasteiger partial charge in [0.25, 0.3) is 0 Å². The predicted molar refractivity (Wildman–Crippen MR) is 135 cm³/mol. The summed E-state index contributed by atoms with van der Waals surface area (Å²) in [5.41, 5.74) is -2.62. The Labute approximate surface area is 214 Å². The molecule has 2 heterocycles. The van der Waals surface area contributed by atoms with E-state index < -0.39 is 27.9 Å². The van der Waals surface area contributed by atoms with Crippen LogP contribution in [0.4, 0.5) is 18.9 Å². The van der Waals surface area contributed by atoms with Crippen molar-refractivity contribution in [2.45, 2.75) is 43.7 Å². The van der Waals surface area contributed by atoms with E-state index in [1.165, 1.54) is 34.6 Å². The molecule has 1 aliphatic carbocycles. The zero-order valence-corrected chi connectivity index (χ0v) is 21.5. The first-order valence-corrected chi connectivity index (χ1v) is 13.6. The minimum absolute atomic E-state index is 0.127. The lowest BCUT2D eigenvalue weighted by Crippen LogP contribution is -2.58. The molecule has 0 saturated carbocycles. The van der Waals surface area contributed by atoms with E-state index in [0.29, 0.717) is 56.5 Å². The van der Waals surface area contributed by atoms with Gasteiger partial charge >= 0.3 is 6.18 Å². The molecule has 4 rings (SSSR count). The number of anilines is 1. The molecule has 2 fully saturated rings. The van der Waals surface area contributed by atoms with Gasteiger partial charge in [-0.2, -0.15) is 17.5 Å². The minimum Gasteiger partial charge on any atom is -0.392 e. The van der Waals surface area contributed by atoms with Crippen LogP contribution in [0, 0.1) is 0 Å². The highest BCUT2D eigenvalue weighted by molar-refractivity contribution is 7.96. The van der Waals surface area contributed by atoms with E-state index in [9.17, 15) is 31.8 Å². The number of alkyl halides is 3. The first kappa shape index (κ1) is 27.2. The smallest absolute Gasteiger partial charge is 0.392 e. The molecule has 3 aliphatic rings. The molecule has 7 nitrogen and oxygen atoms in total. The van der Waals surface area contributed by atoms with Crippen molar-refractivity contribution in [3.05, 3.63) is 53.0 Å². The predicted octanol–water partition coefficient (Wildman–Crippen LogP) is 2.56. The molecular weight excluding hydrogens is 515 g/mol. The molecule has 0 spiro atoms. The Morgan fingerprint density at radius 1 is 1.11 bits per heavy atom. The van der Waals surface area contributed by atoms with Crippen molar-refractivity contribution < 1.29 is 31.8 Å². The summed E-state index contributed by atoms with van der Waals surface area (Å²) in [6.07, 6.45) is 0.761. The van der Waals surface area contributed by atoms with Gasteiger partial charge in [0.15, 0.2) is 5.60 Å². The summed E-state index contributed by atoms with van der Waals surface area (Å²) in [5, 5.41) is 20.0. The van der Waals surface area contributed by atoms with Crippen molar-refractivity contribution in [1.29, 1.82) is 0 Å². The summed E-state index contributed by atoms with van der Waals surface area (Å²) in [5.74, 6) is 0. The Balaban J connectivity index is 1.59. The van der Waals surface area contributed by atoms with Crippen LogP contribution < -0.4 is 4.90 Å². The molecule has 36 heavy (non-hydrogen) atoms. The third kappa shape index (κ3) is 5.39. The van der Waals surface area contributed by atoms with Crippen molar-refractivity contribution in [2.24, 2.45) is 0 Å². The van der Waals surface area contributed by atoms with Crippen molar-refractivity contribution in [3.63, 3.8) is 0 Å². The molecular formula is C24H30F3N3O4S2. The van der Waals surface area contributed by atoms with Gasteiger partial charge in [-0.05, 0) is 37.1 Å². The summed E-state index contributed by atoms with van der Waals surface area (Å²) in [6.45, 7) is 3.02. The molecule has 1 aromatic rings. The van der Waals surface area contributed by atoms with Gasteiger partial charge in [-0.15, -0.1) is 0 Å². The molecule has 2 aliphatic heterocycles. The topological polar surface area (TPSA) is 84.3 Å². The van der Waals surface area contributed by atoms with Crippen LogP contribution in [0.25, 0.3) is 0 Å². The number of halogens is 3. The van der Waals surface area contributed by atoms with Gasteiger partial charge in [0, 0.05) is 56.2 Å². The lowest BCUT2D eigenvalue weighted by atomic mass is 9.95. The quantitative estimate of drug-likeness (QED) is 0.532. The molecule has 0 unspecified atom stereocenters. The van der Waals surface area contributed by atoms with E-state index in [1.807, 2.05) is 4.90 Å². The van der Waals surface area contributed by atoms with Crippen LogP contribution in [0.3, 0.4) is 0 Å². The maximum atomic E-state index is 13.4.